The first-order valence-electron chi connectivity index (χ1n) is 5.63. The molecule has 0 radical (unpaired) electrons. The third kappa shape index (κ3) is 4.44. The van der Waals surface area contributed by atoms with Gasteiger partial charge in [-0.15, -0.1) is 0 Å². The Bertz CT molecular complexity index is 350. The number of benzene rings is 1. The molecule has 1 aromatic carbocycles. The molecule has 0 bridgehead atoms. The molecule has 90 valence electrons. The molecule has 1 rings (SSSR count). The first-order valence-corrected chi connectivity index (χ1v) is 6.80. The Morgan fingerprint density at radius 3 is 2.69 bits per heavy atom. The molecule has 1 aromatic rings. The van der Waals surface area contributed by atoms with Crippen molar-refractivity contribution in [3.05, 3.63) is 33.3 Å². The summed E-state index contributed by atoms with van der Waals surface area (Å²) < 4.78 is 1.07. The summed E-state index contributed by atoms with van der Waals surface area (Å²) in [5, 5.41) is 4.36. The third-order valence-corrected chi connectivity index (χ3v) is 3.50. The van der Waals surface area contributed by atoms with E-state index in [1.807, 2.05) is 12.1 Å². The van der Waals surface area contributed by atoms with Crippen LogP contribution in [-0.4, -0.2) is 5.54 Å². The molecule has 0 aromatic heterocycles. The molecule has 3 heteroatoms. The first-order chi connectivity index (χ1) is 7.44. The number of nitrogens with one attached hydrogen (secondary N) is 1. The first kappa shape index (κ1) is 14.0. The zero-order chi connectivity index (χ0) is 12.2. The maximum atomic E-state index is 6.14. The van der Waals surface area contributed by atoms with Gasteiger partial charge in [0.15, 0.2) is 0 Å². The minimum atomic E-state index is 0.167. The van der Waals surface area contributed by atoms with Crippen LogP contribution >= 0.6 is 27.5 Å². The van der Waals surface area contributed by atoms with E-state index in [2.05, 4.69) is 48.1 Å². The van der Waals surface area contributed by atoms with Crippen LogP contribution in [0.1, 0.15) is 39.2 Å². The third-order valence-electron chi connectivity index (χ3n) is 2.64. The zero-order valence-electron chi connectivity index (χ0n) is 10.1. The van der Waals surface area contributed by atoms with Crippen LogP contribution in [0, 0.1) is 0 Å². The summed E-state index contributed by atoms with van der Waals surface area (Å²) in [5.74, 6) is 0. The van der Waals surface area contributed by atoms with E-state index in [4.69, 9.17) is 11.6 Å². The van der Waals surface area contributed by atoms with E-state index < -0.39 is 0 Å². The van der Waals surface area contributed by atoms with E-state index in [9.17, 15) is 0 Å². The summed E-state index contributed by atoms with van der Waals surface area (Å²) in [6.07, 6.45) is 2.35. The predicted molar refractivity (Wildman–Crippen MR) is 75.0 cm³/mol. The molecule has 0 saturated heterocycles. The van der Waals surface area contributed by atoms with Crippen molar-refractivity contribution in [1.29, 1.82) is 0 Å². The fourth-order valence-electron chi connectivity index (χ4n) is 1.73. The molecule has 16 heavy (non-hydrogen) atoms. The number of hydrogen-bond donors (Lipinski definition) is 1. The van der Waals surface area contributed by atoms with Gasteiger partial charge in [-0.05, 0) is 44.0 Å². The SMILES string of the molecule is CCCC(C)(C)NCc1cc(Br)ccc1Cl. The van der Waals surface area contributed by atoms with Gasteiger partial charge < -0.3 is 5.32 Å². The molecule has 0 fully saturated rings. The van der Waals surface area contributed by atoms with Crippen molar-refractivity contribution >= 4 is 27.5 Å². The molecular formula is C13H19BrClN. The maximum absolute atomic E-state index is 6.14. The Morgan fingerprint density at radius 1 is 1.38 bits per heavy atom. The van der Waals surface area contributed by atoms with Gasteiger partial charge in [-0.3, -0.25) is 0 Å². The summed E-state index contributed by atoms with van der Waals surface area (Å²) in [4.78, 5) is 0. The Kier molecular flexibility index (Phi) is 5.29. The van der Waals surface area contributed by atoms with Crippen LogP contribution in [0.2, 0.25) is 5.02 Å². The lowest BCUT2D eigenvalue weighted by Gasteiger charge is -2.26. The van der Waals surface area contributed by atoms with Crippen molar-refractivity contribution in [2.75, 3.05) is 0 Å². The average Bonchev–Trinajstić information content (AvgIpc) is 2.19. The van der Waals surface area contributed by atoms with Gasteiger partial charge in [0.25, 0.3) is 0 Å². The van der Waals surface area contributed by atoms with E-state index in [0.29, 0.717) is 0 Å². The highest BCUT2D eigenvalue weighted by molar-refractivity contribution is 9.10. The summed E-state index contributed by atoms with van der Waals surface area (Å²) in [6.45, 7) is 7.46. The van der Waals surface area contributed by atoms with Crippen molar-refractivity contribution in [2.24, 2.45) is 0 Å². The summed E-state index contributed by atoms with van der Waals surface area (Å²) in [6, 6.07) is 5.95. The quantitative estimate of drug-likeness (QED) is 0.826. The Labute approximate surface area is 112 Å². The van der Waals surface area contributed by atoms with Gasteiger partial charge in [0.05, 0.1) is 0 Å². The molecule has 0 aliphatic rings. The van der Waals surface area contributed by atoms with E-state index in [1.54, 1.807) is 0 Å². The number of rotatable bonds is 5. The minimum absolute atomic E-state index is 0.167. The van der Waals surface area contributed by atoms with Crippen LogP contribution in [0.25, 0.3) is 0 Å². The van der Waals surface area contributed by atoms with Crippen molar-refractivity contribution in [2.45, 2.75) is 45.7 Å². The molecule has 1 nitrogen and oxygen atoms in total. The largest absolute Gasteiger partial charge is 0.308 e. The van der Waals surface area contributed by atoms with Gasteiger partial charge in [0.1, 0.15) is 0 Å². The lowest BCUT2D eigenvalue weighted by molar-refractivity contribution is 0.357. The van der Waals surface area contributed by atoms with E-state index in [-0.39, 0.29) is 5.54 Å². The van der Waals surface area contributed by atoms with E-state index in [1.165, 1.54) is 12.8 Å². The smallest absolute Gasteiger partial charge is 0.0451 e. The Hall–Kier alpha value is -0.0500. The Balaban J connectivity index is 2.63. The summed E-state index contributed by atoms with van der Waals surface area (Å²) in [7, 11) is 0. The Morgan fingerprint density at radius 2 is 2.06 bits per heavy atom. The van der Waals surface area contributed by atoms with Gasteiger partial charge >= 0.3 is 0 Å². The fraction of sp³-hybridized carbons (Fsp3) is 0.538. The van der Waals surface area contributed by atoms with Crippen molar-refractivity contribution < 1.29 is 0 Å². The van der Waals surface area contributed by atoms with Crippen LogP contribution in [0.5, 0.6) is 0 Å². The maximum Gasteiger partial charge on any atom is 0.0451 e. The number of halogens is 2. The second-order valence-electron chi connectivity index (χ2n) is 4.72. The van der Waals surface area contributed by atoms with E-state index in [0.717, 1.165) is 21.6 Å². The molecular weight excluding hydrogens is 286 g/mol. The predicted octanol–water partition coefficient (Wildman–Crippen LogP) is 4.77. The van der Waals surface area contributed by atoms with Crippen LogP contribution in [0.3, 0.4) is 0 Å². The van der Waals surface area contributed by atoms with Gasteiger partial charge in [-0.2, -0.15) is 0 Å². The van der Waals surface area contributed by atoms with Crippen molar-refractivity contribution in [3.63, 3.8) is 0 Å². The van der Waals surface area contributed by atoms with Gasteiger partial charge in [0.2, 0.25) is 0 Å². The summed E-state index contributed by atoms with van der Waals surface area (Å²) in [5.41, 5.74) is 1.31. The highest BCUT2D eigenvalue weighted by Crippen LogP contribution is 2.22. The van der Waals surface area contributed by atoms with Crippen molar-refractivity contribution in [1.82, 2.24) is 5.32 Å². The lowest BCUT2D eigenvalue weighted by atomic mass is 9.98. The highest BCUT2D eigenvalue weighted by atomic mass is 79.9. The van der Waals surface area contributed by atoms with Crippen LogP contribution in [-0.2, 0) is 6.54 Å². The second kappa shape index (κ2) is 6.04. The average molecular weight is 305 g/mol. The zero-order valence-corrected chi connectivity index (χ0v) is 12.5. The number of hydrogen-bond acceptors (Lipinski definition) is 1. The fourth-order valence-corrected chi connectivity index (χ4v) is 2.32. The van der Waals surface area contributed by atoms with Gasteiger partial charge in [0, 0.05) is 21.6 Å². The van der Waals surface area contributed by atoms with Crippen LogP contribution in [0.15, 0.2) is 22.7 Å². The topological polar surface area (TPSA) is 12.0 Å². The molecule has 1 N–H and O–H groups in total. The van der Waals surface area contributed by atoms with Crippen molar-refractivity contribution in [3.8, 4) is 0 Å². The van der Waals surface area contributed by atoms with Gasteiger partial charge in [-0.25, -0.2) is 0 Å². The molecule has 0 atom stereocenters. The van der Waals surface area contributed by atoms with Gasteiger partial charge in [-0.1, -0.05) is 40.9 Å². The molecule has 0 amide bonds. The molecule has 0 heterocycles. The molecule has 0 saturated carbocycles. The monoisotopic (exact) mass is 303 g/mol. The van der Waals surface area contributed by atoms with Crippen LogP contribution < -0.4 is 5.32 Å². The minimum Gasteiger partial charge on any atom is -0.308 e. The lowest BCUT2D eigenvalue weighted by Crippen LogP contribution is -2.38. The van der Waals surface area contributed by atoms with E-state index >= 15 is 0 Å². The molecule has 0 aliphatic carbocycles. The molecule has 0 spiro atoms. The highest BCUT2D eigenvalue weighted by Gasteiger charge is 2.15. The van der Waals surface area contributed by atoms with Crippen LogP contribution in [0.4, 0.5) is 0 Å². The summed E-state index contributed by atoms with van der Waals surface area (Å²) >= 11 is 9.60. The normalized spacial score (nSPS) is 11.8. The second-order valence-corrected chi connectivity index (χ2v) is 6.05. The molecule has 0 aliphatic heterocycles. The standard InChI is InChI=1S/C13H19BrClN/c1-4-7-13(2,3)16-9-10-8-11(14)5-6-12(10)15/h5-6,8,16H,4,7,9H2,1-3H3. The molecule has 0 unspecified atom stereocenters.